The van der Waals surface area contributed by atoms with Crippen LogP contribution in [0.5, 0.6) is 0 Å². The van der Waals surface area contributed by atoms with Crippen molar-refractivity contribution >= 4 is 64.6 Å². The van der Waals surface area contributed by atoms with Crippen LogP contribution in [0, 0.1) is 6.92 Å². The molecule has 3 atom stereocenters. The summed E-state index contributed by atoms with van der Waals surface area (Å²) in [6.45, 7) is 5.08. The number of likely N-dealkylation sites (N-methyl/N-ethyl adjacent to an activating group) is 1. The number of nitrogens with zero attached hydrogens (tertiary/aromatic N) is 4. The van der Waals surface area contributed by atoms with Crippen molar-refractivity contribution in [2.45, 2.75) is 42.6 Å². The predicted molar refractivity (Wildman–Crippen MR) is 155 cm³/mol. The molecule has 15 heteroatoms. The van der Waals surface area contributed by atoms with Gasteiger partial charge < -0.3 is 15.7 Å². The highest BCUT2D eigenvalue weighted by atomic mass is 32.2. The quantitative estimate of drug-likeness (QED) is 0.217. The van der Waals surface area contributed by atoms with Crippen LogP contribution >= 0.6 is 34.9 Å². The Morgan fingerprint density at radius 3 is 2.56 bits per heavy atom. The SMILES string of the molecule is CC=C(C)C(=O)N(C)C(=O)NC(C(=O)NC1C(=O)N2C(C(=O)O)=C(CSc3nnc(C)s3)CS[C@@H]12)c1ccccc1. The first kappa shape index (κ1) is 30.3. The van der Waals surface area contributed by atoms with Crippen molar-refractivity contribution in [3.8, 4) is 0 Å². The maximum atomic E-state index is 13.5. The Bertz CT molecular complexity index is 1440. The van der Waals surface area contributed by atoms with Gasteiger partial charge in [0.15, 0.2) is 4.34 Å². The number of hydrogen-bond acceptors (Lipinski definition) is 10. The van der Waals surface area contributed by atoms with E-state index >= 15 is 0 Å². The van der Waals surface area contributed by atoms with E-state index in [4.69, 9.17) is 0 Å². The van der Waals surface area contributed by atoms with Crippen molar-refractivity contribution in [2.24, 2.45) is 0 Å². The molecule has 2 aliphatic rings. The summed E-state index contributed by atoms with van der Waals surface area (Å²) in [7, 11) is 1.30. The van der Waals surface area contributed by atoms with Crippen molar-refractivity contribution in [3.05, 3.63) is 63.8 Å². The average molecular weight is 617 g/mol. The second-order valence-electron chi connectivity index (χ2n) is 9.16. The molecule has 3 heterocycles. The van der Waals surface area contributed by atoms with Crippen LogP contribution < -0.4 is 10.6 Å². The molecule has 0 spiro atoms. The number of allylic oxidation sites excluding steroid dienone is 1. The second-order valence-corrected chi connectivity index (χ2v) is 12.7. The van der Waals surface area contributed by atoms with Gasteiger partial charge in [-0.25, -0.2) is 9.59 Å². The number of imide groups is 1. The number of urea groups is 1. The van der Waals surface area contributed by atoms with Crippen LogP contribution in [0.1, 0.15) is 30.5 Å². The van der Waals surface area contributed by atoms with E-state index in [0.717, 1.165) is 9.91 Å². The molecule has 1 aromatic carbocycles. The summed E-state index contributed by atoms with van der Waals surface area (Å²) in [4.78, 5) is 66.3. The zero-order valence-corrected chi connectivity index (χ0v) is 25.1. The van der Waals surface area contributed by atoms with Crippen LogP contribution in [0.3, 0.4) is 0 Å². The molecule has 2 unspecified atom stereocenters. The number of aromatic nitrogens is 2. The summed E-state index contributed by atoms with van der Waals surface area (Å²) < 4.78 is 0.703. The zero-order valence-electron chi connectivity index (χ0n) is 22.6. The van der Waals surface area contributed by atoms with E-state index in [1.165, 1.54) is 46.8 Å². The highest BCUT2D eigenvalue weighted by Crippen LogP contribution is 2.42. The lowest BCUT2D eigenvalue weighted by molar-refractivity contribution is -0.151. The van der Waals surface area contributed by atoms with Gasteiger partial charge in [0.05, 0.1) is 0 Å². The van der Waals surface area contributed by atoms with Gasteiger partial charge in [-0.15, -0.1) is 22.0 Å². The van der Waals surface area contributed by atoms with Crippen LogP contribution in [-0.2, 0) is 19.2 Å². The van der Waals surface area contributed by atoms with Gasteiger partial charge in [-0.3, -0.25) is 24.2 Å². The third kappa shape index (κ3) is 6.47. The van der Waals surface area contributed by atoms with Crippen molar-refractivity contribution < 1.29 is 29.1 Å². The smallest absolute Gasteiger partial charge is 0.352 e. The number of rotatable bonds is 9. The molecule has 4 rings (SSSR count). The first-order valence-corrected chi connectivity index (χ1v) is 15.3. The summed E-state index contributed by atoms with van der Waals surface area (Å²) in [5.41, 5.74) is 1.29. The number of hydrogen-bond donors (Lipinski definition) is 3. The Morgan fingerprint density at radius 2 is 1.95 bits per heavy atom. The number of aryl methyl sites for hydroxylation is 1. The largest absolute Gasteiger partial charge is 0.477 e. The fraction of sp³-hybridized carbons (Fsp3) is 0.346. The molecule has 0 bridgehead atoms. The molecule has 41 heavy (non-hydrogen) atoms. The summed E-state index contributed by atoms with van der Waals surface area (Å²) >= 11 is 4.10. The molecule has 2 aliphatic heterocycles. The first-order chi connectivity index (χ1) is 19.5. The summed E-state index contributed by atoms with van der Waals surface area (Å²) in [5.74, 6) is -2.29. The fourth-order valence-electron chi connectivity index (χ4n) is 4.16. The van der Waals surface area contributed by atoms with Crippen LogP contribution in [-0.4, -0.2) is 84.8 Å². The van der Waals surface area contributed by atoms with E-state index in [0.29, 0.717) is 32.6 Å². The lowest BCUT2D eigenvalue weighted by Crippen LogP contribution is -2.71. The number of carboxylic acids is 1. The summed E-state index contributed by atoms with van der Waals surface area (Å²) in [5, 5.41) is 23.4. The number of thioether (sulfide) groups is 2. The summed E-state index contributed by atoms with van der Waals surface area (Å²) in [6, 6.07) is 5.43. The highest BCUT2D eigenvalue weighted by molar-refractivity contribution is 8.01. The number of nitrogens with one attached hydrogen (secondary N) is 2. The lowest BCUT2D eigenvalue weighted by Gasteiger charge is -2.49. The monoisotopic (exact) mass is 616 g/mol. The Morgan fingerprint density at radius 1 is 1.24 bits per heavy atom. The van der Waals surface area contributed by atoms with Crippen molar-refractivity contribution in [2.75, 3.05) is 18.6 Å². The van der Waals surface area contributed by atoms with Crippen molar-refractivity contribution in [1.29, 1.82) is 0 Å². The topological polar surface area (TPSA) is 162 Å². The van der Waals surface area contributed by atoms with Gasteiger partial charge in [0.25, 0.3) is 11.8 Å². The molecule has 5 amide bonds. The molecule has 1 fully saturated rings. The van der Waals surface area contributed by atoms with Gasteiger partial charge in [0.1, 0.15) is 28.2 Å². The van der Waals surface area contributed by atoms with Crippen LogP contribution in [0.25, 0.3) is 0 Å². The Kier molecular flexibility index (Phi) is 9.50. The summed E-state index contributed by atoms with van der Waals surface area (Å²) in [6.07, 6.45) is 1.57. The minimum atomic E-state index is -1.23. The predicted octanol–water partition coefficient (Wildman–Crippen LogP) is 2.55. The number of β-lactam (4-membered cyclic amide) rings is 1. The molecule has 216 valence electrons. The molecular weight excluding hydrogens is 589 g/mol. The van der Waals surface area contributed by atoms with Gasteiger partial charge >= 0.3 is 12.0 Å². The minimum Gasteiger partial charge on any atom is -0.477 e. The molecular formula is C26H28N6O6S3. The molecule has 1 aromatic heterocycles. The number of benzene rings is 1. The minimum absolute atomic E-state index is 0.0922. The van der Waals surface area contributed by atoms with E-state index < -0.39 is 47.2 Å². The van der Waals surface area contributed by atoms with Gasteiger partial charge in [0, 0.05) is 24.1 Å². The van der Waals surface area contributed by atoms with Crippen LogP contribution in [0.15, 0.2) is 57.6 Å². The molecule has 2 aromatic rings. The van der Waals surface area contributed by atoms with Crippen molar-refractivity contribution in [3.63, 3.8) is 0 Å². The van der Waals surface area contributed by atoms with E-state index in [1.807, 2.05) is 6.92 Å². The molecule has 0 saturated carbocycles. The highest BCUT2D eigenvalue weighted by Gasteiger charge is 2.54. The molecule has 3 N–H and O–H groups in total. The maximum Gasteiger partial charge on any atom is 0.352 e. The Labute approximate surface area is 248 Å². The standard InChI is InChI=1S/C26H28N6O6S3/c1-5-13(2)21(34)31(4)25(38)28-17(15-9-7-6-8-10-15)20(33)27-18-22(35)32-19(24(36)37)16(11-39-23(18)32)12-40-26-30-29-14(3)41-26/h5-10,17-18,23H,11-12H2,1-4H3,(H,27,33)(H,28,38)(H,36,37)/t17?,18?,23-/m0/s1. The van der Waals surface area contributed by atoms with E-state index in [1.54, 1.807) is 50.3 Å². The number of aliphatic carboxylic acids is 1. The van der Waals surface area contributed by atoms with Gasteiger partial charge in [-0.1, -0.05) is 59.5 Å². The second kappa shape index (κ2) is 12.9. The van der Waals surface area contributed by atoms with Gasteiger partial charge in [-0.2, -0.15) is 0 Å². The zero-order chi connectivity index (χ0) is 29.8. The fourth-order valence-corrected chi connectivity index (χ4v) is 7.46. The van der Waals surface area contributed by atoms with Crippen molar-refractivity contribution in [1.82, 2.24) is 30.6 Å². The number of carbonyl (C=O) groups is 5. The molecule has 0 aliphatic carbocycles. The third-order valence-electron chi connectivity index (χ3n) is 6.47. The molecule has 12 nitrogen and oxygen atoms in total. The Balaban J connectivity index is 1.49. The van der Waals surface area contributed by atoms with Gasteiger partial charge in [-0.05, 0) is 31.9 Å². The third-order valence-corrected chi connectivity index (χ3v) is 9.87. The number of carbonyl (C=O) groups excluding carboxylic acids is 4. The van der Waals surface area contributed by atoms with E-state index in [-0.39, 0.29) is 5.70 Å². The van der Waals surface area contributed by atoms with E-state index in [2.05, 4.69) is 20.8 Å². The van der Waals surface area contributed by atoms with Gasteiger partial charge in [0.2, 0.25) is 5.91 Å². The molecule has 0 radical (unpaired) electrons. The lowest BCUT2D eigenvalue weighted by atomic mass is 10.0. The first-order valence-electron chi connectivity index (χ1n) is 12.4. The number of amides is 5. The van der Waals surface area contributed by atoms with Crippen LogP contribution in [0.2, 0.25) is 0 Å². The van der Waals surface area contributed by atoms with Crippen LogP contribution in [0.4, 0.5) is 4.79 Å². The maximum absolute atomic E-state index is 13.5. The average Bonchev–Trinajstić information content (AvgIpc) is 3.40. The molecule has 1 saturated heterocycles. The normalized spacial score (nSPS) is 19.2. The Hall–Kier alpha value is -3.69. The number of fused-ring (bicyclic) bond motifs is 1. The van der Waals surface area contributed by atoms with E-state index in [9.17, 15) is 29.1 Å². The number of carboxylic acid groups (broad SMARTS) is 1.